The molecule has 0 spiro atoms. The van der Waals surface area contributed by atoms with E-state index >= 15 is 0 Å². The van der Waals surface area contributed by atoms with E-state index in [1.54, 1.807) is 19.1 Å². The van der Waals surface area contributed by atoms with Crippen LogP contribution in [0.5, 0.6) is 0 Å². The van der Waals surface area contributed by atoms with Gasteiger partial charge in [-0.15, -0.1) is 0 Å². The number of piperidine rings is 1. The highest BCUT2D eigenvalue weighted by molar-refractivity contribution is 7.89. The molecule has 6 nitrogen and oxygen atoms in total. The van der Waals surface area contributed by atoms with Crippen molar-refractivity contribution in [2.24, 2.45) is 0 Å². The van der Waals surface area contributed by atoms with Gasteiger partial charge in [0.1, 0.15) is 17.6 Å². The summed E-state index contributed by atoms with van der Waals surface area (Å²) >= 11 is 0. The van der Waals surface area contributed by atoms with E-state index in [0.29, 0.717) is 5.69 Å². The molecule has 142 valence electrons. The third-order valence-corrected chi connectivity index (χ3v) is 6.29. The second-order valence-electron chi connectivity index (χ2n) is 6.44. The van der Waals surface area contributed by atoms with E-state index in [4.69, 9.17) is 0 Å². The van der Waals surface area contributed by atoms with Gasteiger partial charge in [0.15, 0.2) is 0 Å². The average molecular weight is 390 g/mol. The lowest BCUT2D eigenvalue weighted by atomic mass is 10.0. The highest BCUT2D eigenvalue weighted by Gasteiger charge is 2.40. The Labute approximate surface area is 157 Å². The number of aryl methyl sites for hydroxylation is 1. The highest BCUT2D eigenvalue weighted by Crippen LogP contribution is 2.25. The van der Waals surface area contributed by atoms with Crippen LogP contribution in [0.15, 0.2) is 53.4 Å². The van der Waals surface area contributed by atoms with Crippen molar-refractivity contribution in [1.82, 2.24) is 4.31 Å². The zero-order valence-corrected chi connectivity index (χ0v) is 15.5. The summed E-state index contributed by atoms with van der Waals surface area (Å²) in [4.78, 5) is 24.7. The summed E-state index contributed by atoms with van der Waals surface area (Å²) in [6.45, 7) is 1.72. The van der Waals surface area contributed by atoms with E-state index in [1.807, 2.05) is 0 Å². The number of carbonyl (C=O) groups is 2. The van der Waals surface area contributed by atoms with Crippen molar-refractivity contribution in [2.45, 2.75) is 30.7 Å². The third kappa shape index (κ3) is 4.23. The van der Waals surface area contributed by atoms with E-state index in [2.05, 4.69) is 5.32 Å². The molecule has 1 heterocycles. The van der Waals surface area contributed by atoms with Gasteiger partial charge in [0.2, 0.25) is 15.9 Å². The second kappa shape index (κ2) is 7.58. The number of hydrogen-bond acceptors (Lipinski definition) is 4. The fraction of sp³-hybridized carbons (Fsp3) is 0.263. The number of benzene rings is 2. The quantitative estimate of drug-likeness (QED) is 0.869. The van der Waals surface area contributed by atoms with Crippen LogP contribution in [0.25, 0.3) is 0 Å². The van der Waals surface area contributed by atoms with Gasteiger partial charge in [-0.2, -0.15) is 4.31 Å². The van der Waals surface area contributed by atoms with Crippen molar-refractivity contribution in [1.29, 1.82) is 0 Å². The summed E-state index contributed by atoms with van der Waals surface area (Å²) in [5.41, 5.74) is 1.10. The van der Waals surface area contributed by atoms with Crippen LogP contribution in [0, 0.1) is 12.7 Å². The van der Waals surface area contributed by atoms with Crippen molar-refractivity contribution in [2.75, 3.05) is 11.9 Å². The SMILES string of the molecule is Cc1cccc(S(=O)(=O)N2CCC(=O)CC2C(=O)Nc2ccc(F)cc2)c1. The first-order chi connectivity index (χ1) is 12.8. The molecule has 27 heavy (non-hydrogen) atoms. The van der Waals surface area contributed by atoms with E-state index < -0.39 is 27.8 Å². The number of nitrogens with one attached hydrogen (secondary N) is 1. The number of anilines is 1. The normalized spacial score (nSPS) is 18.3. The molecule has 1 atom stereocenters. The first-order valence-electron chi connectivity index (χ1n) is 8.44. The Hall–Kier alpha value is -2.58. The zero-order valence-electron chi connectivity index (χ0n) is 14.7. The predicted octanol–water partition coefficient (Wildman–Crippen LogP) is 2.50. The van der Waals surface area contributed by atoms with Crippen LogP contribution in [-0.2, 0) is 19.6 Å². The van der Waals surface area contributed by atoms with Crippen LogP contribution in [-0.4, -0.2) is 37.0 Å². The molecule has 1 unspecified atom stereocenters. The van der Waals surface area contributed by atoms with Crippen LogP contribution >= 0.6 is 0 Å². The summed E-state index contributed by atoms with van der Waals surface area (Å²) in [7, 11) is -3.94. The Balaban J connectivity index is 1.89. The van der Waals surface area contributed by atoms with Gasteiger partial charge in [-0.1, -0.05) is 12.1 Å². The van der Waals surface area contributed by atoms with Crippen molar-refractivity contribution < 1.29 is 22.4 Å². The summed E-state index contributed by atoms with van der Waals surface area (Å²) in [6.07, 6.45) is -0.135. The number of carbonyl (C=O) groups excluding carboxylic acids is 2. The van der Waals surface area contributed by atoms with E-state index in [1.165, 1.54) is 36.4 Å². The fourth-order valence-corrected chi connectivity index (χ4v) is 4.68. The molecule has 0 aromatic heterocycles. The molecule has 0 radical (unpaired) electrons. The number of Topliss-reactive ketones (excluding diaryl/α,β-unsaturated/α-hetero) is 1. The molecule has 1 N–H and O–H groups in total. The number of nitrogens with zero attached hydrogens (tertiary/aromatic N) is 1. The topological polar surface area (TPSA) is 83.6 Å². The molecule has 1 fully saturated rings. The highest BCUT2D eigenvalue weighted by atomic mass is 32.2. The standard InChI is InChI=1S/C19H19FN2O4S/c1-13-3-2-4-17(11-13)27(25,26)22-10-9-16(23)12-18(22)19(24)21-15-7-5-14(20)6-8-15/h2-8,11,18H,9-10,12H2,1H3,(H,21,24). The zero-order chi connectivity index (χ0) is 19.6. The Morgan fingerprint density at radius 2 is 1.89 bits per heavy atom. The lowest BCUT2D eigenvalue weighted by molar-refractivity contribution is -0.128. The van der Waals surface area contributed by atoms with Gasteiger partial charge in [-0.05, 0) is 48.9 Å². The summed E-state index contributed by atoms with van der Waals surface area (Å²) in [5.74, 6) is -1.25. The number of ketones is 1. The average Bonchev–Trinajstić information content (AvgIpc) is 2.63. The third-order valence-electron chi connectivity index (χ3n) is 4.39. The van der Waals surface area contributed by atoms with Gasteiger partial charge in [0.25, 0.3) is 0 Å². The molecule has 0 saturated carbocycles. The van der Waals surface area contributed by atoms with E-state index in [-0.39, 0.29) is 30.1 Å². The summed E-state index contributed by atoms with van der Waals surface area (Å²) in [6, 6.07) is 10.4. The molecule has 0 bridgehead atoms. The van der Waals surface area contributed by atoms with Crippen LogP contribution in [0.4, 0.5) is 10.1 Å². The van der Waals surface area contributed by atoms with E-state index in [0.717, 1.165) is 9.87 Å². The van der Waals surface area contributed by atoms with Crippen LogP contribution in [0.3, 0.4) is 0 Å². The molecule has 1 saturated heterocycles. The van der Waals surface area contributed by atoms with Crippen molar-refractivity contribution in [3.05, 3.63) is 59.9 Å². The van der Waals surface area contributed by atoms with Crippen molar-refractivity contribution in [3.8, 4) is 0 Å². The van der Waals surface area contributed by atoms with E-state index in [9.17, 15) is 22.4 Å². The first-order valence-corrected chi connectivity index (χ1v) is 9.88. The Kier molecular flexibility index (Phi) is 5.38. The molecule has 2 aromatic carbocycles. The minimum absolute atomic E-state index is 0.0589. The number of hydrogen-bond donors (Lipinski definition) is 1. The van der Waals surface area contributed by atoms with Gasteiger partial charge >= 0.3 is 0 Å². The molecule has 1 aliphatic heterocycles. The maximum atomic E-state index is 13.0. The fourth-order valence-electron chi connectivity index (χ4n) is 2.99. The van der Waals surface area contributed by atoms with Crippen LogP contribution < -0.4 is 5.32 Å². The lowest BCUT2D eigenvalue weighted by Crippen LogP contribution is -2.52. The monoisotopic (exact) mass is 390 g/mol. The van der Waals surface area contributed by atoms with Crippen LogP contribution in [0.2, 0.25) is 0 Å². The molecule has 3 rings (SSSR count). The van der Waals surface area contributed by atoms with Gasteiger partial charge in [0, 0.05) is 25.1 Å². The molecule has 1 aliphatic rings. The minimum atomic E-state index is -3.94. The summed E-state index contributed by atoms with van der Waals surface area (Å²) in [5, 5.41) is 2.56. The van der Waals surface area contributed by atoms with Crippen molar-refractivity contribution in [3.63, 3.8) is 0 Å². The molecular formula is C19H19FN2O4S. The van der Waals surface area contributed by atoms with Crippen molar-refractivity contribution >= 4 is 27.4 Å². The smallest absolute Gasteiger partial charge is 0.243 e. The molecule has 0 aliphatic carbocycles. The Morgan fingerprint density at radius 3 is 2.56 bits per heavy atom. The Bertz CT molecular complexity index is 973. The number of rotatable bonds is 4. The first kappa shape index (κ1) is 19.2. The number of halogens is 1. The maximum Gasteiger partial charge on any atom is 0.243 e. The largest absolute Gasteiger partial charge is 0.325 e. The maximum absolute atomic E-state index is 13.0. The number of amides is 1. The van der Waals surface area contributed by atoms with Gasteiger partial charge in [0.05, 0.1) is 4.90 Å². The molecule has 2 aromatic rings. The number of sulfonamides is 1. The Morgan fingerprint density at radius 1 is 1.19 bits per heavy atom. The lowest BCUT2D eigenvalue weighted by Gasteiger charge is -2.33. The minimum Gasteiger partial charge on any atom is -0.325 e. The second-order valence-corrected chi connectivity index (χ2v) is 8.33. The molecule has 8 heteroatoms. The van der Waals surface area contributed by atoms with Gasteiger partial charge in [-0.3, -0.25) is 9.59 Å². The van der Waals surface area contributed by atoms with Gasteiger partial charge < -0.3 is 5.32 Å². The molecule has 1 amide bonds. The predicted molar refractivity (Wildman–Crippen MR) is 98.1 cm³/mol. The molecular weight excluding hydrogens is 371 g/mol. The van der Waals surface area contributed by atoms with Crippen LogP contribution in [0.1, 0.15) is 18.4 Å². The summed E-state index contributed by atoms with van der Waals surface area (Å²) < 4.78 is 40.2. The van der Waals surface area contributed by atoms with Gasteiger partial charge in [-0.25, -0.2) is 12.8 Å².